The molecule has 0 amide bonds. The van der Waals surface area contributed by atoms with Gasteiger partial charge in [-0.1, -0.05) is 12.1 Å². The van der Waals surface area contributed by atoms with Crippen LogP contribution in [0.25, 0.3) is 0 Å². The zero-order chi connectivity index (χ0) is 13.2. The van der Waals surface area contributed by atoms with Crippen molar-refractivity contribution in [1.82, 2.24) is 5.32 Å². The number of rotatable bonds is 4. The SMILES string of the molecule is NC1CCC(NC(c2ccc(F)cc2)C2CC2)CC1. The Labute approximate surface area is 114 Å². The fourth-order valence-corrected chi connectivity index (χ4v) is 3.14. The molecule has 2 aliphatic rings. The van der Waals surface area contributed by atoms with E-state index in [9.17, 15) is 4.39 Å². The molecule has 3 rings (SSSR count). The standard InChI is InChI=1S/C16H23FN2/c17-13-5-3-12(4-6-13)16(11-1-2-11)19-15-9-7-14(18)8-10-15/h3-6,11,14-16,19H,1-2,7-10,18H2. The maximum absolute atomic E-state index is 13.0. The predicted molar refractivity (Wildman–Crippen MR) is 75.2 cm³/mol. The van der Waals surface area contributed by atoms with E-state index in [0.29, 0.717) is 18.1 Å². The molecule has 2 saturated carbocycles. The second-order valence-electron chi connectivity index (χ2n) is 6.15. The lowest BCUT2D eigenvalue weighted by Gasteiger charge is -2.31. The third kappa shape index (κ3) is 3.34. The molecule has 0 saturated heterocycles. The minimum Gasteiger partial charge on any atom is -0.328 e. The Morgan fingerprint density at radius 2 is 1.63 bits per heavy atom. The van der Waals surface area contributed by atoms with Crippen molar-refractivity contribution in [3.8, 4) is 0 Å². The largest absolute Gasteiger partial charge is 0.328 e. The second-order valence-corrected chi connectivity index (χ2v) is 6.15. The fourth-order valence-electron chi connectivity index (χ4n) is 3.14. The first-order chi connectivity index (χ1) is 9.22. The van der Waals surface area contributed by atoms with Gasteiger partial charge in [-0.2, -0.15) is 0 Å². The van der Waals surface area contributed by atoms with Crippen molar-refractivity contribution in [2.75, 3.05) is 0 Å². The minimum atomic E-state index is -0.151. The van der Waals surface area contributed by atoms with E-state index in [1.54, 1.807) is 12.1 Å². The van der Waals surface area contributed by atoms with Gasteiger partial charge in [-0.15, -0.1) is 0 Å². The average Bonchev–Trinajstić information content (AvgIpc) is 3.24. The first kappa shape index (κ1) is 13.1. The van der Waals surface area contributed by atoms with E-state index in [0.717, 1.165) is 18.8 Å². The van der Waals surface area contributed by atoms with Crippen LogP contribution < -0.4 is 11.1 Å². The van der Waals surface area contributed by atoms with Gasteiger partial charge in [-0.25, -0.2) is 4.39 Å². The number of hydrogen-bond acceptors (Lipinski definition) is 2. The lowest BCUT2D eigenvalue weighted by molar-refractivity contribution is 0.303. The van der Waals surface area contributed by atoms with Gasteiger partial charge in [-0.05, 0) is 62.1 Å². The van der Waals surface area contributed by atoms with Crippen molar-refractivity contribution < 1.29 is 4.39 Å². The third-order valence-electron chi connectivity index (χ3n) is 4.51. The second kappa shape index (κ2) is 5.59. The van der Waals surface area contributed by atoms with Crippen LogP contribution in [0.3, 0.4) is 0 Å². The molecule has 2 aliphatic carbocycles. The van der Waals surface area contributed by atoms with Gasteiger partial charge in [0, 0.05) is 18.1 Å². The van der Waals surface area contributed by atoms with Gasteiger partial charge in [0.2, 0.25) is 0 Å². The molecule has 1 aromatic carbocycles. The predicted octanol–water partition coefficient (Wildman–Crippen LogP) is 3.14. The molecule has 1 atom stereocenters. The number of hydrogen-bond donors (Lipinski definition) is 2. The quantitative estimate of drug-likeness (QED) is 0.875. The Bertz CT molecular complexity index is 405. The van der Waals surface area contributed by atoms with E-state index in [4.69, 9.17) is 5.73 Å². The van der Waals surface area contributed by atoms with E-state index < -0.39 is 0 Å². The molecule has 3 N–H and O–H groups in total. The number of nitrogens with two attached hydrogens (primary N) is 1. The fraction of sp³-hybridized carbons (Fsp3) is 0.625. The normalized spacial score (nSPS) is 29.2. The monoisotopic (exact) mass is 262 g/mol. The molecular weight excluding hydrogens is 239 g/mol. The third-order valence-corrected chi connectivity index (χ3v) is 4.51. The molecule has 19 heavy (non-hydrogen) atoms. The first-order valence-electron chi connectivity index (χ1n) is 7.49. The molecule has 0 spiro atoms. The lowest BCUT2D eigenvalue weighted by atomic mass is 9.90. The molecule has 104 valence electrons. The maximum Gasteiger partial charge on any atom is 0.123 e. The highest BCUT2D eigenvalue weighted by Gasteiger charge is 2.34. The van der Waals surface area contributed by atoms with Gasteiger partial charge in [0.15, 0.2) is 0 Å². The summed E-state index contributed by atoms with van der Waals surface area (Å²) in [5, 5.41) is 3.80. The average molecular weight is 262 g/mol. The first-order valence-corrected chi connectivity index (χ1v) is 7.49. The molecule has 1 aromatic rings. The molecule has 0 radical (unpaired) electrons. The van der Waals surface area contributed by atoms with Crippen molar-refractivity contribution >= 4 is 0 Å². The van der Waals surface area contributed by atoms with Crippen molar-refractivity contribution in [2.45, 2.75) is 56.7 Å². The molecule has 2 nitrogen and oxygen atoms in total. The molecule has 0 bridgehead atoms. The summed E-state index contributed by atoms with van der Waals surface area (Å²) in [7, 11) is 0. The summed E-state index contributed by atoms with van der Waals surface area (Å²) in [6.45, 7) is 0. The molecule has 0 heterocycles. The summed E-state index contributed by atoms with van der Waals surface area (Å²) in [6, 6.07) is 8.38. The van der Waals surface area contributed by atoms with E-state index >= 15 is 0 Å². The zero-order valence-electron chi connectivity index (χ0n) is 11.3. The van der Waals surface area contributed by atoms with Gasteiger partial charge in [0.25, 0.3) is 0 Å². The van der Waals surface area contributed by atoms with Crippen LogP contribution in [0.5, 0.6) is 0 Å². The van der Waals surface area contributed by atoms with E-state index in [2.05, 4.69) is 5.32 Å². The number of benzene rings is 1. The van der Waals surface area contributed by atoms with E-state index in [1.165, 1.54) is 31.2 Å². The van der Waals surface area contributed by atoms with Crippen LogP contribution in [0, 0.1) is 11.7 Å². The van der Waals surface area contributed by atoms with Crippen molar-refractivity contribution in [3.05, 3.63) is 35.6 Å². The summed E-state index contributed by atoms with van der Waals surface area (Å²) < 4.78 is 13.0. The summed E-state index contributed by atoms with van der Waals surface area (Å²) in [5.74, 6) is 0.586. The highest BCUT2D eigenvalue weighted by Crippen LogP contribution is 2.41. The highest BCUT2D eigenvalue weighted by atomic mass is 19.1. The Morgan fingerprint density at radius 3 is 2.21 bits per heavy atom. The summed E-state index contributed by atoms with van der Waals surface area (Å²) in [4.78, 5) is 0. The van der Waals surface area contributed by atoms with Crippen LogP contribution in [0.2, 0.25) is 0 Å². The smallest absolute Gasteiger partial charge is 0.123 e. The van der Waals surface area contributed by atoms with Crippen LogP contribution in [0.1, 0.15) is 50.1 Å². The summed E-state index contributed by atoms with van der Waals surface area (Å²) >= 11 is 0. The molecular formula is C16H23FN2. The molecule has 2 fully saturated rings. The highest BCUT2D eigenvalue weighted by molar-refractivity contribution is 5.22. The minimum absolute atomic E-state index is 0.151. The van der Waals surface area contributed by atoms with Crippen molar-refractivity contribution in [2.24, 2.45) is 11.7 Å². The Balaban J connectivity index is 1.66. The van der Waals surface area contributed by atoms with Crippen LogP contribution in [-0.2, 0) is 0 Å². The molecule has 1 unspecified atom stereocenters. The van der Waals surface area contributed by atoms with Crippen molar-refractivity contribution in [3.63, 3.8) is 0 Å². The van der Waals surface area contributed by atoms with Crippen LogP contribution in [0.15, 0.2) is 24.3 Å². The number of nitrogens with one attached hydrogen (secondary N) is 1. The van der Waals surface area contributed by atoms with E-state index in [1.807, 2.05) is 12.1 Å². The van der Waals surface area contributed by atoms with Crippen LogP contribution in [0.4, 0.5) is 4.39 Å². The van der Waals surface area contributed by atoms with Gasteiger partial charge in [0.1, 0.15) is 5.82 Å². The Kier molecular flexibility index (Phi) is 3.85. The maximum atomic E-state index is 13.0. The summed E-state index contributed by atoms with van der Waals surface area (Å²) in [5.41, 5.74) is 7.19. The molecule has 0 aromatic heterocycles. The topological polar surface area (TPSA) is 38.0 Å². The van der Waals surface area contributed by atoms with Gasteiger partial charge in [0.05, 0.1) is 0 Å². The number of halogens is 1. The van der Waals surface area contributed by atoms with Crippen LogP contribution >= 0.6 is 0 Å². The van der Waals surface area contributed by atoms with Gasteiger partial charge in [-0.3, -0.25) is 0 Å². The Hall–Kier alpha value is -0.930. The van der Waals surface area contributed by atoms with E-state index in [-0.39, 0.29) is 5.82 Å². The van der Waals surface area contributed by atoms with Gasteiger partial charge >= 0.3 is 0 Å². The van der Waals surface area contributed by atoms with Crippen molar-refractivity contribution in [1.29, 1.82) is 0 Å². The molecule has 0 aliphatic heterocycles. The van der Waals surface area contributed by atoms with Gasteiger partial charge < -0.3 is 11.1 Å². The lowest BCUT2D eigenvalue weighted by Crippen LogP contribution is -2.39. The Morgan fingerprint density at radius 1 is 1.00 bits per heavy atom. The van der Waals surface area contributed by atoms with Crippen LogP contribution in [-0.4, -0.2) is 12.1 Å². The summed E-state index contributed by atoms with van der Waals surface area (Å²) in [6.07, 6.45) is 7.18. The molecule has 3 heteroatoms. The zero-order valence-corrected chi connectivity index (χ0v) is 11.3.